The summed E-state index contributed by atoms with van der Waals surface area (Å²) >= 11 is 0. The summed E-state index contributed by atoms with van der Waals surface area (Å²) in [6, 6.07) is 13.4. The molecule has 0 fully saturated rings. The van der Waals surface area contributed by atoms with Gasteiger partial charge in [-0.25, -0.2) is 4.79 Å². The molecule has 0 unspecified atom stereocenters. The van der Waals surface area contributed by atoms with E-state index in [0.717, 1.165) is 17.0 Å². The highest BCUT2D eigenvalue weighted by Gasteiger charge is 2.01. The molecule has 2 N–H and O–H groups in total. The third-order valence-electron chi connectivity index (χ3n) is 3.13. The first-order valence-corrected chi connectivity index (χ1v) is 7.36. The third-order valence-corrected chi connectivity index (χ3v) is 3.13. The number of ether oxygens (including phenoxy) is 1. The van der Waals surface area contributed by atoms with Gasteiger partial charge in [-0.05, 0) is 30.7 Å². The molecule has 0 saturated carbocycles. The van der Waals surface area contributed by atoms with Gasteiger partial charge in [0.05, 0.1) is 6.54 Å². The van der Waals surface area contributed by atoms with E-state index in [9.17, 15) is 4.79 Å². The second kappa shape index (κ2) is 8.67. The largest absolute Gasteiger partial charge is 0.491 e. The van der Waals surface area contributed by atoms with Crippen LogP contribution in [0.1, 0.15) is 11.3 Å². The molecule has 0 saturated heterocycles. The first-order valence-electron chi connectivity index (χ1n) is 7.36. The van der Waals surface area contributed by atoms with E-state index in [-0.39, 0.29) is 6.03 Å². The van der Waals surface area contributed by atoms with E-state index in [2.05, 4.69) is 15.6 Å². The van der Waals surface area contributed by atoms with Crippen LogP contribution >= 0.6 is 0 Å². The molecule has 1 heterocycles. The van der Waals surface area contributed by atoms with Gasteiger partial charge >= 0.3 is 6.03 Å². The summed E-state index contributed by atoms with van der Waals surface area (Å²) in [5.41, 5.74) is 2.05. The van der Waals surface area contributed by atoms with Gasteiger partial charge in [0.25, 0.3) is 0 Å². The number of carbonyl (C=O) groups excluding carboxylic acids is 1. The zero-order valence-electron chi connectivity index (χ0n) is 12.7. The van der Waals surface area contributed by atoms with Crippen molar-refractivity contribution in [3.63, 3.8) is 0 Å². The molecule has 5 nitrogen and oxygen atoms in total. The zero-order valence-corrected chi connectivity index (χ0v) is 12.7. The van der Waals surface area contributed by atoms with Crippen LogP contribution in [-0.4, -0.2) is 30.7 Å². The van der Waals surface area contributed by atoms with Gasteiger partial charge in [-0.1, -0.05) is 24.3 Å². The highest BCUT2D eigenvalue weighted by Crippen LogP contribution is 2.15. The number of aromatic nitrogens is 1. The van der Waals surface area contributed by atoms with Crippen molar-refractivity contribution in [1.82, 2.24) is 15.6 Å². The second-order valence-electron chi connectivity index (χ2n) is 4.87. The Balaban J connectivity index is 1.57. The molecular weight excluding hydrogens is 278 g/mol. The minimum Gasteiger partial charge on any atom is -0.491 e. The molecule has 5 heteroatoms. The lowest BCUT2D eigenvalue weighted by atomic mass is 10.2. The van der Waals surface area contributed by atoms with Gasteiger partial charge in [0.15, 0.2) is 0 Å². The van der Waals surface area contributed by atoms with E-state index in [0.29, 0.717) is 26.1 Å². The molecular formula is C17H21N3O2. The van der Waals surface area contributed by atoms with Crippen molar-refractivity contribution in [2.75, 3.05) is 19.7 Å². The number of aryl methyl sites for hydroxylation is 1. The predicted octanol–water partition coefficient (Wildman–Crippen LogP) is 2.31. The van der Waals surface area contributed by atoms with Gasteiger partial charge in [0.1, 0.15) is 12.4 Å². The number of nitrogens with one attached hydrogen (secondary N) is 2. The minimum atomic E-state index is -0.190. The average Bonchev–Trinajstić information content (AvgIpc) is 2.54. The Labute approximate surface area is 130 Å². The molecule has 0 aliphatic heterocycles. The van der Waals surface area contributed by atoms with Crippen molar-refractivity contribution in [3.05, 3.63) is 59.9 Å². The van der Waals surface area contributed by atoms with Crippen molar-refractivity contribution in [1.29, 1.82) is 0 Å². The molecule has 0 atom stereocenters. The fourth-order valence-electron chi connectivity index (χ4n) is 1.96. The molecule has 2 rings (SSSR count). The Bertz CT molecular complexity index is 587. The summed E-state index contributed by atoms with van der Waals surface area (Å²) in [4.78, 5) is 15.8. The maximum absolute atomic E-state index is 11.6. The number of urea groups is 1. The number of benzene rings is 1. The number of carbonyl (C=O) groups is 1. The average molecular weight is 299 g/mol. The Morgan fingerprint density at radius 1 is 1.09 bits per heavy atom. The molecule has 0 spiro atoms. The molecule has 22 heavy (non-hydrogen) atoms. The van der Waals surface area contributed by atoms with Crippen LogP contribution in [0.4, 0.5) is 4.79 Å². The topological polar surface area (TPSA) is 63.2 Å². The van der Waals surface area contributed by atoms with Gasteiger partial charge in [0.2, 0.25) is 0 Å². The number of hydrogen-bond donors (Lipinski definition) is 2. The highest BCUT2D eigenvalue weighted by atomic mass is 16.5. The molecule has 0 radical (unpaired) electrons. The molecule has 0 aliphatic rings. The molecule has 0 aliphatic carbocycles. The van der Waals surface area contributed by atoms with Crippen molar-refractivity contribution in [2.45, 2.75) is 13.3 Å². The molecule has 2 aromatic rings. The monoisotopic (exact) mass is 299 g/mol. The maximum Gasteiger partial charge on any atom is 0.314 e. The fourth-order valence-corrected chi connectivity index (χ4v) is 1.96. The number of hydrogen-bond acceptors (Lipinski definition) is 3. The van der Waals surface area contributed by atoms with Crippen LogP contribution in [0.15, 0.2) is 48.7 Å². The van der Waals surface area contributed by atoms with Crippen LogP contribution in [0.2, 0.25) is 0 Å². The predicted molar refractivity (Wildman–Crippen MR) is 86.0 cm³/mol. The van der Waals surface area contributed by atoms with Gasteiger partial charge in [-0.2, -0.15) is 0 Å². The van der Waals surface area contributed by atoms with Gasteiger partial charge < -0.3 is 15.4 Å². The summed E-state index contributed by atoms with van der Waals surface area (Å²) in [6.07, 6.45) is 2.46. The summed E-state index contributed by atoms with van der Waals surface area (Å²) in [7, 11) is 0. The van der Waals surface area contributed by atoms with Crippen LogP contribution in [0.5, 0.6) is 5.75 Å². The van der Waals surface area contributed by atoms with E-state index in [1.54, 1.807) is 6.20 Å². The van der Waals surface area contributed by atoms with Crippen molar-refractivity contribution in [2.24, 2.45) is 0 Å². The Morgan fingerprint density at radius 3 is 2.64 bits per heavy atom. The Hall–Kier alpha value is -2.56. The summed E-state index contributed by atoms with van der Waals surface area (Å²) < 4.78 is 5.61. The van der Waals surface area contributed by atoms with E-state index in [1.165, 1.54) is 0 Å². The Morgan fingerprint density at radius 2 is 1.86 bits per heavy atom. The van der Waals surface area contributed by atoms with Gasteiger partial charge in [-0.15, -0.1) is 0 Å². The second-order valence-corrected chi connectivity index (χ2v) is 4.87. The van der Waals surface area contributed by atoms with E-state index in [4.69, 9.17) is 4.74 Å². The first kappa shape index (κ1) is 15.8. The third kappa shape index (κ3) is 5.44. The summed E-state index contributed by atoms with van der Waals surface area (Å²) in [5.74, 6) is 0.847. The van der Waals surface area contributed by atoms with Crippen LogP contribution in [0.3, 0.4) is 0 Å². The fraction of sp³-hybridized carbons (Fsp3) is 0.294. The lowest BCUT2D eigenvalue weighted by Gasteiger charge is -2.10. The molecule has 1 aromatic carbocycles. The summed E-state index contributed by atoms with van der Waals surface area (Å²) in [5, 5.41) is 5.56. The standard InChI is InChI=1S/C17H21N3O2/c1-14-6-2-3-8-16(14)22-13-12-20-17(21)19-11-9-15-7-4-5-10-18-15/h2-8,10H,9,11-13H2,1H3,(H2,19,20,21). The molecule has 116 valence electrons. The number of para-hydroxylation sites is 1. The van der Waals surface area contributed by atoms with Gasteiger partial charge in [0, 0.05) is 24.9 Å². The van der Waals surface area contributed by atoms with Crippen molar-refractivity contribution in [3.8, 4) is 5.75 Å². The SMILES string of the molecule is Cc1ccccc1OCCNC(=O)NCCc1ccccn1. The first-order chi connectivity index (χ1) is 10.8. The smallest absolute Gasteiger partial charge is 0.314 e. The summed E-state index contributed by atoms with van der Waals surface area (Å²) in [6.45, 7) is 3.46. The van der Waals surface area contributed by atoms with Crippen LogP contribution in [0, 0.1) is 6.92 Å². The number of amides is 2. The molecule has 0 bridgehead atoms. The lowest BCUT2D eigenvalue weighted by molar-refractivity contribution is 0.236. The van der Waals surface area contributed by atoms with E-state index in [1.807, 2.05) is 49.4 Å². The van der Waals surface area contributed by atoms with Crippen LogP contribution in [0.25, 0.3) is 0 Å². The normalized spacial score (nSPS) is 10.0. The highest BCUT2D eigenvalue weighted by molar-refractivity contribution is 5.73. The quantitative estimate of drug-likeness (QED) is 0.771. The van der Waals surface area contributed by atoms with Gasteiger partial charge in [-0.3, -0.25) is 4.98 Å². The molecule has 1 aromatic heterocycles. The number of nitrogens with zero attached hydrogens (tertiary/aromatic N) is 1. The van der Waals surface area contributed by atoms with Crippen LogP contribution in [-0.2, 0) is 6.42 Å². The number of rotatable bonds is 7. The zero-order chi connectivity index (χ0) is 15.6. The molecule has 2 amide bonds. The number of pyridine rings is 1. The minimum absolute atomic E-state index is 0.190. The Kier molecular flexibility index (Phi) is 6.23. The lowest BCUT2D eigenvalue weighted by Crippen LogP contribution is -2.38. The van der Waals surface area contributed by atoms with E-state index >= 15 is 0 Å². The maximum atomic E-state index is 11.6. The van der Waals surface area contributed by atoms with Crippen LogP contribution < -0.4 is 15.4 Å². The van der Waals surface area contributed by atoms with E-state index < -0.39 is 0 Å². The van der Waals surface area contributed by atoms with Crippen molar-refractivity contribution >= 4 is 6.03 Å². The van der Waals surface area contributed by atoms with Crippen molar-refractivity contribution < 1.29 is 9.53 Å².